The zero-order valence-electron chi connectivity index (χ0n) is 7.85. The lowest BCUT2D eigenvalue weighted by molar-refractivity contribution is 0.0696. The number of aromatic nitrogens is 1. The summed E-state index contributed by atoms with van der Waals surface area (Å²) < 4.78 is 0. The van der Waals surface area contributed by atoms with Gasteiger partial charge in [-0.1, -0.05) is 23.8 Å². The van der Waals surface area contributed by atoms with E-state index in [4.69, 9.17) is 16.7 Å². The van der Waals surface area contributed by atoms with Crippen LogP contribution in [0.1, 0.15) is 22.3 Å². The first-order chi connectivity index (χ1) is 7.15. The van der Waals surface area contributed by atoms with Crippen LogP contribution in [-0.2, 0) is 0 Å². The minimum atomic E-state index is -1.01. The zero-order valence-corrected chi connectivity index (χ0v) is 9.50. The number of aromatic carboxylic acids is 1. The molecular formula is C10H10ClNO2S. The molecule has 0 unspecified atom stereocenters. The Bertz CT molecular complexity index is 393. The van der Waals surface area contributed by atoms with Gasteiger partial charge in [0, 0.05) is 11.8 Å². The van der Waals surface area contributed by atoms with Crippen molar-refractivity contribution in [3.05, 3.63) is 34.6 Å². The van der Waals surface area contributed by atoms with Gasteiger partial charge in [-0.25, -0.2) is 9.78 Å². The third-order valence-electron chi connectivity index (χ3n) is 1.72. The summed E-state index contributed by atoms with van der Waals surface area (Å²) in [5.74, 6) is -0.287. The monoisotopic (exact) mass is 243 g/mol. The maximum absolute atomic E-state index is 10.9. The Kier molecular flexibility index (Phi) is 4.65. The molecular weight excluding hydrogens is 234 g/mol. The topological polar surface area (TPSA) is 50.2 Å². The van der Waals surface area contributed by atoms with Crippen molar-refractivity contribution >= 4 is 36.3 Å². The van der Waals surface area contributed by atoms with Gasteiger partial charge in [-0.15, -0.1) is 0 Å². The Morgan fingerprint density at radius 1 is 1.67 bits per heavy atom. The molecule has 0 radical (unpaired) electrons. The number of nitrogens with zero attached hydrogens (tertiary/aromatic N) is 1. The molecule has 15 heavy (non-hydrogen) atoms. The minimum Gasteiger partial charge on any atom is -0.478 e. The second kappa shape index (κ2) is 5.78. The first kappa shape index (κ1) is 12.1. The Morgan fingerprint density at radius 2 is 2.40 bits per heavy atom. The van der Waals surface area contributed by atoms with Gasteiger partial charge in [0.05, 0.1) is 5.56 Å². The molecule has 0 aliphatic heterocycles. The zero-order chi connectivity index (χ0) is 11.3. The van der Waals surface area contributed by atoms with Crippen LogP contribution in [0.2, 0.25) is 5.15 Å². The van der Waals surface area contributed by atoms with Crippen LogP contribution in [-0.4, -0.2) is 21.8 Å². The van der Waals surface area contributed by atoms with Crippen molar-refractivity contribution < 1.29 is 9.90 Å². The van der Waals surface area contributed by atoms with Gasteiger partial charge in [-0.3, -0.25) is 0 Å². The summed E-state index contributed by atoms with van der Waals surface area (Å²) in [6, 6.07) is 1.34. The molecule has 0 fully saturated rings. The molecule has 1 aromatic rings. The highest BCUT2D eigenvalue weighted by atomic mass is 35.5. The van der Waals surface area contributed by atoms with Crippen molar-refractivity contribution in [1.82, 2.24) is 4.98 Å². The molecule has 1 aromatic heterocycles. The smallest absolute Gasteiger partial charge is 0.336 e. The maximum Gasteiger partial charge on any atom is 0.336 e. The van der Waals surface area contributed by atoms with E-state index in [-0.39, 0.29) is 10.7 Å². The fourth-order valence-corrected chi connectivity index (χ4v) is 1.35. The Morgan fingerprint density at radius 3 is 3.00 bits per heavy atom. The van der Waals surface area contributed by atoms with E-state index < -0.39 is 5.97 Å². The third kappa shape index (κ3) is 3.57. The van der Waals surface area contributed by atoms with Crippen LogP contribution in [0.5, 0.6) is 0 Å². The van der Waals surface area contributed by atoms with Gasteiger partial charge in [0.25, 0.3) is 0 Å². The average Bonchev–Trinajstić information content (AvgIpc) is 2.20. The summed E-state index contributed by atoms with van der Waals surface area (Å²) in [4.78, 5) is 14.7. The van der Waals surface area contributed by atoms with E-state index in [1.54, 1.807) is 6.08 Å². The van der Waals surface area contributed by atoms with Crippen LogP contribution >= 0.6 is 24.2 Å². The van der Waals surface area contributed by atoms with Crippen LogP contribution in [0.15, 0.2) is 18.3 Å². The minimum absolute atomic E-state index is 0.158. The highest BCUT2D eigenvalue weighted by Crippen LogP contribution is 2.15. The molecule has 1 rings (SSSR count). The molecule has 0 saturated carbocycles. The fraction of sp³-hybridized carbons (Fsp3) is 0.200. The molecule has 0 saturated heterocycles. The highest BCUT2D eigenvalue weighted by Gasteiger charge is 2.08. The van der Waals surface area contributed by atoms with E-state index in [9.17, 15) is 4.79 Å². The molecule has 1 heterocycles. The first-order valence-electron chi connectivity index (χ1n) is 4.31. The number of carbonyl (C=O) groups is 1. The third-order valence-corrected chi connectivity index (χ3v) is 2.19. The van der Waals surface area contributed by atoms with E-state index in [1.807, 2.05) is 6.08 Å². The van der Waals surface area contributed by atoms with E-state index in [2.05, 4.69) is 17.6 Å². The molecule has 0 amide bonds. The van der Waals surface area contributed by atoms with Crippen LogP contribution in [0.4, 0.5) is 0 Å². The summed E-state index contributed by atoms with van der Waals surface area (Å²) >= 11 is 9.66. The predicted octanol–water partition coefficient (Wildman–Crippen LogP) is 2.77. The van der Waals surface area contributed by atoms with Gasteiger partial charge in [-0.2, -0.15) is 12.6 Å². The summed E-state index contributed by atoms with van der Waals surface area (Å²) in [5.41, 5.74) is 0.707. The van der Waals surface area contributed by atoms with Gasteiger partial charge in [0.15, 0.2) is 0 Å². The van der Waals surface area contributed by atoms with Crippen LogP contribution in [0, 0.1) is 0 Å². The molecule has 0 atom stereocenters. The number of hydrogen-bond donors (Lipinski definition) is 2. The highest BCUT2D eigenvalue weighted by molar-refractivity contribution is 7.80. The largest absolute Gasteiger partial charge is 0.478 e. The van der Waals surface area contributed by atoms with E-state index in [1.165, 1.54) is 12.3 Å². The molecule has 0 bridgehead atoms. The van der Waals surface area contributed by atoms with Crippen molar-refractivity contribution in [2.24, 2.45) is 0 Å². The van der Waals surface area contributed by atoms with Gasteiger partial charge in [0.2, 0.25) is 0 Å². The summed E-state index contributed by atoms with van der Waals surface area (Å²) in [7, 11) is 0. The number of rotatable bonds is 4. The van der Waals surface area contributed by atoms with Crippen molar-refractivity contribution in [2.75, 3.05) is 5.75 Å². The van der Waals surface area contributed by atoms with Crippen molar-refractivity contribution in [3.8, 4) is 0 Å². The van der Waals surface area contributed by atoms with E-state index in [0.717, 1.165) is 12.2 Å². The lowest BCUT2D eigenvalue weighted by Crippen LogP contribution is -2.00. The molecule has 0 aromatic carbocycles. The quantitative estimate of drug-likeness (QED) is 0.632. The molecule has 3 nitrogen and oxygen atoms in total. The predicted molar refractivity (Wildman–Crippen MR) is 63.7 cm³/mol. The molecule has 5 heteroatoms. The van der Waals surface area contributed by atoms with Crippen molar-refractivity contribution in [1.29, 1.82) is 0 Å². The second-order valence-electron chi connectivity index (χ2n) is 2.81. The van der Waals surface area contributed by atoms with E-state index >= 15 is 0 Å². The van der Waals surface area contributed by atoms with Crippen molar-refractivity contribution in [2.45, 2.75) is 6.42 Å². The fourth-order valence-electron chi connectivity index (χ4n) is 1.04. The Labute approximate surface area is 98.2 Å². The normalized spacial score (nSPS) is 10.8. The lowest BCUT2D eigenvalue weighted by atomic mass is 10.1. The lowest BCUT2D eigenvalue weighted by Gasteiger charge is -2.00. The van der Waals surface area contributed by atoms with Crippen molar-refractivity contribution in [3.63, 3.8) is 0 Å². The number of hydrogen-bond acceptors (Lipinski definition) is 3. The summed E-state index contributed by atoms with van der Waals surface area (Å²) in [6.45, 7) is 0. The molecule has 80 valence electrons. The Balaban J connectivity index is 3.01. The summed E-state index contributed by atoms with van der Waals surface area (Å²) in [5, 5.41) is 9.09. The van der Waals surface area contributed by atoms with Gasteiger partial charge in [0.1, 0.15) is 5.15 Å². The van der Waals surface area contributed by atoms with Crippen LogP contribution in [0.25, 0.3) is 6.08 Å². The molecule has 0 aliphatic carbocycles. The first-order valence-corrected chi connectivity index (χ1v) is 5.32. The standard InChI is InChI=1S/C10H10ClNO2S/c11-9-5-8(10(13)14)7(6-12-9)3-1-2-4-15/h1,3,5-6,15H,2,4H2,(H,13,14). The molecule has 0 aliphatic rings. The number of carboxylic acids is 1. The number of allylic oxidation sites excluding steroid dienone is 1. The second-order valence-corrected chi connectivity index (χ2v) is 3.65. The van der Waals surface area contributed by atoms with Crippen LogP contribution in [0.3, 0.4) is 0 Å². The SMILES string of the molecule is O=C(O)c1cc(Cl)ncc1C=CCCS. The maximum atomic E-state index is 10.9. The molecule has 1 N–H and O–H groups in total. The van der Waals surface area contributed by atoms with Gasteiger partial charge in [-0.05, 0) is 18.2 Å². The Hall–Kier alpha value is -1.00. The van der Waals surface area contributed by atoms with Crippen LogP contribution < -0.4 is 0 Å². The molecule has 0 spiro atoms. The average molecular weight is 244 g/mol. The van der Waals surface area contributed by atoms with Gasteiger partial charge < -0.3 is 5.11 Å². The number of pyridine rings is 1. The van der Waals surface area contributed by atoms with E-state index in [0.29, 0.717) is 5.56 Å². The summed E-state index contributed by atoms with van der Waals surface area (Å²) in [6.07, 6.45) is 5.79. The number of carboxylic acid groups (broad SMARTS) is 1. The number of thiol groups is 1. The number of halogens is 1. The van der Waals surface area contributed by atoms with Gasteiger partial charge >= 0.3 is 5.97 Å².